The average molecular weight is 188 g/mol. The summed E-state index contributed by atoms with van der Waals surface area (Å²) in [6, 6.07) is 1.87. The number of nitrogens with one attached hydrogen (secondary N) is 1. The first-order chi connectivity index (χ1) is 5.57. The molecule has 0 saturated carbocycles. The van der Waals surface area contributed by atoms with Crippen molar-refractivity contribution in [3.8, 4) is 6.07 Å². The van der Waals surface area contributed by atoms with Crippen LogP contribution in [0.1, 0.15) is 13.3 Å². The van der Waals surface area contributed by atoms with E-state index in [1.807, 2.05) is 6.92 Å². The molecule has 1 fully saturated rings. The van der Waals surface area contributed by atoms with Crippen LogP contribution in [-0.2, 0) is 9.84 Å². The van der Waals surface area contributed by atoms with Gasteiger partial charge in [0, 0.05) is 6.04 Å². The lowest BCUT2D eigenvalue weighted by atomic mass is 10.2. The van der Waals surface area contributed by atoms with E-state index in [9.17, 15) is 8.42 Å². The SMILES string of the molecule is CCC(C#N)NC1CS(=O)(=O)C1. The molecule has 1 aliphatic heterocycles. The standard InChI is InChI=1S/C7H12N2O2S/c1-2-6(3-8)9-7-4-12(10,11)5-7/h6-7,9H,2,4-5H2,1H3. The molecule has 68 valence electrons. The molecule has 1 aliphatic rings. The first-order valence-electron chi connectivity index (χ1n) is 3.93. The topological polar surface area (TPSA) is 70.0 Å². The lowest BCUT2D eigenvalue weighted by Crippen LogP contribution is -2.53. The highest BCUT2D eigenvalue weighted by Gasteiger charge is 2.34. The zero-order valence-corrected chi connectivity index (χ0v) is 7.76. The summed E-state index contributed by atoms with van der Waals surface area (Å²) in [6.07, 6.45) is 0.715. The molecule has 0 spiro atoms. The van der Waals surface area contributed by atoms with Gasteiger partial charge in [0.1, 0.15) is 0 Å². The molecule has 1 heterocycles. The van der Waals surface area contributed by atoms with Crippen molar-refractivity contribution in [2.45, 2.75) is 25.4 Å². The Bertz CT molecular complexity index is 279. The van der Waals surface area contributed by atoms with Crippen LogP contribution in [0.15, 0.2) is 0 Å². The summed E-state index contributed by atoms with van der Waals surface area (Å²) < 4.78 is 21.5. The summed E-state index contributed by atoms with van der Waals surface area (Å²) in [7, 11) is -2.76. The molecule has 0 aromatic heterocycles. The molecular weight excluding hydrogens is 176 g/mol. The van der Waals surface area contributed by atoms with Crippen molar-refractivity contribution in [3.63, 3.8) is 0 Å². The lowest BCUT2D eigenvalue weighted by Gasteiger charge is -2.28. The van der Waals surface area contributed by atoms with Gasteiger partial charge in [-0.1, -0.05) is 6.92 Å². The van der Waals surface area contributed by atoms with Crippen molar-refractivity contribution < 1.29 is 8.42 Å². The maximum absolute atomic E-state index is 10.7. The van der Waals surface area contributed by atoms with Crippen LogP contribution in [0.4, 0.5) is 0 Å². The number of hydrogen-bond acceptors (Lipinski definition) is 4. The summed E-state index contributed by atoms with van der Waals surface area (Å²) in [6.45, 7) is 1.90. The summed E-state index contributed by atoms with van der Waals surface area (Å²) in [5.41, 5.74) is 0. The molecule has 1 unspecified atom stereocenters. The van der Waals surface area contributed by atoms with E-state index >= 15 is 0 Å². The van der Waals surface area contributed by atoms with Crippen LogP contribution in [0, 0.1) is 11.3 Å². The molecule has 0 radical (unpaired) electrons. The average Bonchev–Trinajstić information content (AvgIpc) is 1.96. The largest absolute Gasteiger partial charge is 0.297 e. The third kappa shape index (κ3) is 2.19. The molecule has 12 heavy (non-hydrogen) atoms. The molecule has 5 heteroatoms. The number of sulfone groups is 1. The second-order valence-electron chi connectivity index (χ2n) is 3.03. The first-order valence-corrected chi connectivity index (χ1v) is 5.75. The van der Waals surface area contributed by atoms with Crippen molar-refractivity contribution in [1.82, 2.24) is 5.32 Å². The molecule has 0 bridgehead atoms. The van der Waals surface area contributed by atoms with Crippen molar-refractivity contribution in [2.75, 3.05) is 11.5 Å². The van der Waals surface area contributed by atoms with Crippen LogP contribution in [0.2, 0.25) is 0 Å². The Morgan fingerprint density at radius 3 is 2.58 bits per heavy atom. The first kappa shape index (κ1) is 9.49. The van der Waals surface area contributed by atoms with E-state index in [0.29, 0.717) is 6.42 Å². The Morgan fingerprint density at radius 2 is 2.25 bits per heavy atom. The normalized spacial score (nSPS) is 24.0. The molecular formula is C7H12N2O2S. The predicted molar refractivity (Wildman–Crippen MR) is 45.3 cm³/mol. The van der Waals surface area contributed by atoms with Gasteiger partial charge >= 0.3 is 0 Å². The van der Waals surface area contributed by atoms with Gasteiger partial charge in [-0.3, -0.25) is 5.32 Å². The molecule has 1 saturated heterocycles. The zero-order chi connectivity index (χ0) is 9.19. The van der Waals surface area contributed by atoms with E-state index in [4.69, 9.17) is 5.26 Å². The molecule has 1 N–H and O–H groups in total. The molecule has 1 atom stereocenters. The maximum Gasteiger partial charge on any atom is 0.153 e. The predicted octanol–water partition coefficient (Wildman–Crippen LogP) is -0.325. The Hall–Kier alpha value is -0.600. The van der Waals surface area contributed by atoms with Gasteiger partial charge in [0.15, 0.2) is 9.84 Å². The number of nitrogens with zero attached hydrogens (tertiary/aromatic N) is 1. The molecule has 0 amide bonds. The van der Waals surface area contributed by atoms with E-state index in [0.717, 1.165) is 0 Å². The van der Waals surface area contributed by atoms with Gasteiger partial charge in [-0.05, 0) is 6.42 Å². The van der Waals surface area contributed by atoms with Gasteiger partial charge in [-0.2, -0.15) is 5.26 Å². The molecule has 0 aromatic rings. The third-order valence-corrected chi connectivity index (χ3v) is 3.73. The molecule has 1 rings (SSSR count). The monoisotopic (exact) mass is 188 g/mol. The van der Waals surface area contributed by atoms with Crippen LogP contribution in [0.5, 0.6) is 0 Å². The Kier molecular flexibility index (Phi) is 2.70. The van der Waals surface area contributed by atoms with Gasteiger partial charge < -0.3 is 0 Å². The van der Waals surface area contributed by atoms with Crippen LogP contribution < -0.4 is 5.32 Å². The number of nitriles is 1. The molecule has 4 nitrogen and oxygen atoms in total. The minimum absolute atomic E-state index is 0.000370. The fourth-order valence-electron chi connectivity index (χ4n) is 1.19. The van der Waals surface area contributed by atoms with E-state index in [1.54, 1.807) is 0 Å². The summed E-state index contributed by atoms with van der Waals surface area (Å²) in [4.78, 5) is 0. The van der Waals surface area contributed by atoms with E-state index in [-0.39, 0.29) is 23.6 Å². The fourth-order valence-corrected chi connectivity index (χ4v) is 2.51. The van der Waals surface area contributed by atoms with Crippen LogP contribution in [-0.4, -0.2) is 32.0 Å². The lowest BCUT2D eigenvalue weighted by molar-refractivity contribution is 0.478. The third-order valence-electron chi connectivity index (χ3n) is 1.91. The van der Waals surface area contributed by atoms with Crippen molar-refractivity contribution in [2.24, 2.45) is 0 Å². The highest BCUT2D eigenvalue weighted by atomic mass is 32.2. The van der Waals surface area contributed by atoms with E-state index in [1.165, 1.54) is 0 Å². The minimum atomic E-state index is -2.76. The van der Waals surface area contributed by atoms with E-state index in [2.05, 4.69) is 11.4 Å². The van der Waals surface area contributed by atoms with Crippen molar-refractivity contribution in [3.05, 3.63) is 0 Å². The fraction of sp³-hybridized carbons (Fsp3) is 0.857. The van der Waals surface area contributed by atoms with E-state index < -0.39 is 9.84 Å². The smallest absolute Gasteiger partial charge is 0.153 e. The van der Waals surface area contributed by atoms with Gasteiger partial charge in [0.05, 0.1) is 23.6 Å². The quantitative estimate of drug-likeness (QED) is 0.658. The Balaban J connectivity index is 2.32. The number of rotatable bonds is 3. The molecule has 0 aliphatic carbocycles. The summed E-state index contributed by atoms with van der Waals surface area (Å²) >= 11 is 0. The minimum Gasteiger partial charge on any atom is -0.297 e. The van der Waals surface area contributed by atoms with Crippen LogP contribution >= 0.6 is 0 Å². The number of hydrogen-bond donors (Lipinski definition) is 1. The summed E-state index contributed by atoms with van der Waals surface area (Å²) in [5, 5.41) is 11.5. The highest BCUT2D eigenvalue weighted by molar-refractivity contribution is 7.92. The van der Waals surface area contributed by atoms with Crippen LogP contribution in [0.25, 0.3) is 0 Å². The summed E-state index contributed by atoms with van der Waals surface area (Å²) in [5.74, 6) is 0.371. The Morgan fingerprint density at radius 1 is 1.67 bits per heavy atom. The van der Waals surface area contributed by atoms with Gasteiger partial charge in [0.25, 0.3) is 0 Å². The molecule has 0 aromatic carbocycles. The maximum atomic E-state index is 10.7. The zero-order valence-electron chi connectivity index (χ0n) is 6.95. The van der Waals surface area contributed by atoms with Gasteiger partial charge in [0.2, 0.25) is 0 Å². The van der Waals surface area contributed by atoms with Gasteiger partial charge in [-0.15, -0.1) is 0 Å². The second-order valence-corrected chi connectivity index (χ2v) is 5.18. The van der Waals surface area contributed by atoms with Crippen molar-refractivity contribution >= 4 is 9.84 Å². The van der Waals surface area contributed by atoms with Gasteiger partial charge in [-0.25, -0.2) is 8.42 Å². The highest BCUT2D eigenvalue weighted by Crippen LogP contribution is 2.11. The van der Waals surface area contributed by atoms with Crippen molar-refractivity contribution in [1.29, 1.82) is 5.26 Å². The Labute approximate surface area is 72.5 Å². The second kappa shape index (κ2) is 3.42. The van der Waals surface area contributed by atoms with Crippen LogP contribution in [0.3, 0.4) is 0 Å².